The summed E-state index contributed by atoms with van der Waals surface area (Å²) in [4.78, 5) is 2.33. The Labute approximate surface area is 77.1 Å². The van der Waals surface area contributed by atoms with Crippen molar-refractivity contribution in [2.45, 2.75) is 0 Å². The summed E-state index contributed by atoms with van der Waals surface area (Å²) < 4.78 is 0. The smallest absolute Gasteiger partial charge is 0.0162 e. The van der Waals surface area contributed by atoms with E-state index in [0.29, 0.717) is 0 Å². The van der Waals surface area contributed by atoms with Gasteiger partial charge in [-0.2, -0.15) is 11.8 Å². The normalized spacial score (nSPS) is 10.8. The van der Waals surface area contributed by atoms with E-state index in [9.17, 15) is 0 Å². The summed E-state index contributed by atoms with van der Waals surface area (Å²) in [7, 11) is 3.76. The first kappa shape index (κ1) is 11.0. The number of hydrogen-bond acceptors (Lipinski definition) is 4. The quantitative estimate of drug-likeness (QED) is 0.512. The molecular formula is C6H15NS3. The highest BCUT2D eigenvalue weighted by Crippen LogP contribution is 2.04. The van der Waals surface area contributed by atoms with Crippen molar-refractivity contribution in [3.8, 4) is 0 Å². The zero-order valence-electron chi connectivity index (χ0n) is 6.54. The van der Waals surface area contributed by atoms with Gasteiger partial charge >= 0.3 is 0 Å². The van der Waals surface area contributed by atoms with Crippen LogP contribution in [0.25, 0.3) is 0 Å². The van der Waals surface area contributed by atoms with Gasteiger partial charge in [-0.1, -0.05) is 10.8 Å². The molecule has 0 saturated carbocycles. The second kappa shape index (κ2) is 8.11. The summed E-state index contributed by atoms with van der Waals surface area (Å²) in [6.45, 7) is 2.34. The number of thioether (sulfide) groups is 1. The van der Waals surface area contributed by atoms with Crippen molar-refractivity contribution in [3.63, 3.8) is 0 Å². The maximum Gasteiger partial charge on any atom is 0.0162 e. The highest BCUT2D eigenvalue weighted by atomic mass is 33.1. The molecule has 0 N–H and O–H groups in total. The molecule has 4 heteroatoms. The Kier molecular flexibility index (Phi) is 8.93. The fraction of sp³-hybridized carbons (Fsp3) is 1.00. The van der Waals surface area contributed by atoms with Crippen molar-refractivity contribution in [1.29, 1.82) is 0 Å². The fourth-order valence-electron chi connectivity index (χ4n) is 0.556. The molecule has 0 saturated heterocycles. The van der Waals surface area contributed by atoms with E-state index < -0.39 is 0 Å². The molecule has 0 bridgehead atoms. The Morgan fingerprint density at radius 2 is 1.90 bits per heavy atom. The second-order valence-corrected chi connectivity index (χ2v) is 4.56. The molecule has 1 nitrogen and oxygen atoms in total. The van der Waals surface area contributed by atoms with Crippen LogP contribution in [0.2, 0.25) is 0 Å². The Bertz CT molecular complexity index is 62.0. The maximum atomic E-state index is 4.07. The third kappa shape index (κ3) is 7.12. The van der Waals surface area contributed by atoms with Crippen molar-refractivity contribution in [2.24, 2.45) is 0 Å². The van der Waals surface area contributed by atoms with E-state index >= 15 is 0 Å². The summed E-state index contributed by atoms with van der Waals surface area (Å²) >= 11 is 5.97. The van der Waals surface area contributed by atoms with E-state index in [-0.39, 0.29) is 0 Å². The van der Waals surface area contributed by atoms with Crippen molar-refractivity contribution < 1.29 is 0 Å². The summed E-state index contributed by atoms with van der Waals surface area (Å²) in [5.74, 6) is 2.35. The molecular weight excluding hydrogens is 182 g/mol. The summed E-state index contributed by atoms with van der Waals surface area (Å²) in [6, 6.07) is 0. The molecule has 0 rings (SSSR count). The SMILES string of the molecule is CSCCN(C)CCSS. The van der Waals surface area contributed by atoms with Crippen molar-refractivity contribution in [3.05, 3.63) is 0 Å². The monoisotopic (exact) mass is 197 g/mol. The van der Waals surface area contributed by atoms with Gasteiger partial charge in [0.15, 0.2) is 0 Å². The molecule has 0 aromatic carbocycles. The molecule has 0 spiro atoms. The lowest BCUT2D eigenvalue weighted by Crippen LogP contribution is -2.23. The van der Waals surface area contributed by atoms with E-state index in [1.807, 2.05) is 11.8 Å². The predicted octanol–water partition coefficient (Wildman–Crippen LogP) is 1.86. The Balaban J connectivity index is 3.00. The molecule has 10 heavy (non-hydrogen) atoms. The lowest BCUT2D eigenvalue weighted by molar-refractivity contribution is 0.380. The number of rotatable bonds is 6. The molecule has 0 radical (unpaired) electrons. The van der Waals surface area contributed by atoms with Crippen molar-refractivity contribution in [1.82, 2.24) is 4.90 Å². The van der Waals surface area contributed by atoms with Crippen LogP contribution < -0.4 is 0 Å². The average Bonchev–Trinajstić information content (AvgIpc) is 1.97. The van der Waals surface area contributed by atoms with Gasteiger partial charge in [-0.05, 0) is 13.3 Å². The first-order valence-electron chi connectivity index (χ1n) is 3.25. The molecule has 0 fully saturated rings. The van der Waals surface area contributed by atoms with Gasteiger partial charge in [0.2, 0.25) is 0 Å². The van der Waals surface area contributed by atoms with Gasteiger partial charge in [0.25, 0.3) is 0 Å². The minimum absolute atomic E-state index is 1.12. The van der Waals surface area contributed by atoms with Gasteiger partial charge in [0.05, 0.1) is 0 Å². The standard InChI is InChI=1S/C6H15NS3/c1-7(3-5-9-2)4-6-10-8/h8H,3-6H2,1-2H3. The number of hydrogen-bond donors (Lipinski definition) is 1. The van der Waals surface area contributed by atoms with Crippen LogP contribution in [-0.2, 0) is 0 Å². The van der Waals surface area contributed by atoms with Gasteiger partial charge < -0.3 is 4.90 Å². The summed E-state index contributed by atoms with van der Waals surface area (Å²) in [6.07, 6.45) is 2.14. The molecule has 0 aliphatic carbocycles. The minimum Gasteiger partial charge on any atom is -0.305 e. The predicted molar refractivity (Wildman–Crippen MR) is 57.3 cm³/mol. The molecule has 0 amide bonds. The van der Waals surface area contributed by atoms with Crippen LogP contribution >= 0.6 is 34.2 Å². The first-order valence-corrected chi connectivity index (χ1v) is 6.68. The Hall–Kier alpha value is 1.01. The van der Waals surface area contributed by atoms with Crippen LogP contribution in [0.5, 0.6) is 0 Å². The largest absolute Gasteiger partial charge is 0.305 e. The van der Waals surface area contributed by atoms with Crippen molar-refractivity contribution >= 4 is 34.2 Å². The van der Waals surface area contributed by atoms with Crippen molar-refractivity contribution in [2.75, 3.05) is 37.9 Å². The fourth-order valence-corrected chi connectivity index (χ4v) is 1.69. The third-order valence-corrected chi connectivity index (χ3v) is 2.75. The van der Waals surface area contributed by atoms with E-state index in [4.69, 9.17) is 0 Å². The molecule has 0 heterocycles. The van der Waals surface area contributed by atoms with Crippen LogP contribution in [-0.4, -0.2) is 42.8 Å². The third-order valence-electron chi connectivity index (χ3n) is 1.24. The Morgan fingerprint density at radius 1 is 1.30 bits per heavy atom. The van der Waals surface area contributed by atoms with Crippen LogP contribution in [0.1, 0.15) is 0 Å². The highest BCUT2D eigenvalue weighted by Gasteiger charge is 1.94. The lowest BCUT2D eigenvalue weighted by atomic mass is 10.6. The molecule has 0 aromatic heterocycles. The maximum absolute atomic E-state index is 4.07. The summed E-state index contributed by atoms with van der Waals surface area (Å²) in [5.41, 5.74) is 0. The molecule has 0 unspecified atom stereocenters. The average molecular weight is 197 g/mol. The zero-order valence-corrected chi connectivity index (χ0v) is 9.07. The molecule has 0 aliphatic rings. The molecule has 62 valence electrons. The summed E-state index contributed by atoms with van der Waals surface area (Å²) in [5, 5.41) is 0. The van der Waals surface area contributed by atoms with Crippen LogP contribution in [0.3, 0.4) is 0 Å². The number of thiol groups is 1. The van der Waals surface area contributed by atoms with Crippen LogP contribution in [0, 0.1) is 0 Å². The topological polar surface area (TPSA) is 3.24 Å². The second-order valence-electron chi connectivity index (χ2n) is 2.13. The molecule has 0 aromatic rings. The van der Waals surface area contributed by atoms with Crippen LogP contribution in [0.15, 0.2) is 0 Å². The van der Waals surface area contributed by atoms with Crippen LogP contribution in [0.4, 0.5) is 0 Å². The van der Waals surface area contributed by atoms with Gasteiger partial charge in [0.1, 0.15) is 0 Å². The number of nitrogens with zero attached hydrogens (tertiary/aromatic N) is 1. The van der Waals surface area contributed by atoms with E-state index in [1.54, 1.807) is 10.8 Å². The van der Waals surface area contributed by atoms with Gasteiger partial charge in [-0.3, -0.25) is 0 Å². The van der Waals surface area contributed by atoms with Gasteiger partial charge in [-0.15, -0.1) is 11.7 Å². The zero-order chi connectivity index (χ0) is 7.82. The lowest BCUT2D eigenvalue weighted by Gasteiger charge is -2.13. The van der Waals surface area contributed by atoms with Gasteiger partial charge in [-0.25, -0.2) is 0 Å². The van der Waals surface area contributed by atoms with E-state index in [0.717, 1.165) is 12.3 Å². The highest BCUT2D eigenvalue weighted by molar-refractivity contribution is 8.68. The van der Waals surface area contributed by atoms with E-state index in [1.165, 1.54) is 12.3 Å². The Morgan fingerprint density at radius 3 is 2.40 bits per heavy atom. The molecule has 0 atom stereocenters. The van der Waals surface area contributed by atoms with E-state index in [2.05, 4.69) is 29.9 Å². The first-order chi connectivity index (χ1) is 4.81. The molecule has 0 aliphatic heterocycles. The minimum atomic E-state index is 1.12. The van der Waals surface area contributed by atoms with Gasteiger partial charge in [0, 0.05) is 24.6 Å².